The first-order chi connectivity index (χ1) is 14.9. The fraction of sp³-hybridized carbons (Fsp3) is 0.423. The molecular formula is C26H31BrN2O2. The number of halogens is 1. The third-order valence-electron chi connectivity index (χ3n) is 6.54. The second-order valence-corrected chi connectivity index (χ2v) is 10.1. The number of benzene rings is 2. The summed E-state index contributed by atoms with van der Waals surface area (Å²) in [7, 11) is 4.60. The molecule has 2 aromatic rings. The molecule has 0 atom stereocenters. The minimum Gasteiger partial charge on any atom is -0.858 e. The third kappa shape index (κ3) is 5.65. The second kappa shape index (κ2) is 9.68. The van der Waals surface area contributed by atoms with Crippen molar-refractivity contribution in [3.8, 4) is 0 Å². The Labute approximate surface area is 194 Å². The minimum absolute atomic E-state index is 0.126. The molecule has 2 aliphatic rings. The Kier molecular flexibility index (Phi) is 6.95. The molecule has 1 heterocycles. The Morgan fingerprint density at radius 1 is 1.10 bits per heavy atom. The van der Waals surface area contributed by atoms with Crippen molar-refractivity contribution in [2.75, 3.05) is 27.3 Å². The maximum absolute atomic E-state index is 12.9. The molecule has 1 aliphatic heterocycles. The quantitative estimate of drug-likeness (QED) is 0.341. The van der Waals surface area contributed by atoms with Gasteiger partial charge in [-0.1, -0.05) is 40.2 Å². The zero-order valence-electron chi connectivity index (χ0n) is 18.4. The van der Waals surface area contributed by atoms with E-state index in [1.165, 1.54) is 11.1 Å². The highest BCUT2D eigenvalue weighted by Crippen LogP contribution is 2.27. The molecule has 1 fully saturated rings. The largest absolute Gasteiger partial charge is 0.858 e. The first-order valence-electron chi connectivity index (χ1n) is 11.2. The minimum atomic E-state index is -0.126. The fourth-order valence-electron chi connectivity index (χ4n) is 4.67. The first-order valence-corrected chi connectivity index (χ1v) is 11.9. The van der Waals surface area contributed by atoms with Crippen LogP contribution < -0.4 is 5.11 Å². The summed E-state index contributed by atoms with van der Waals surface area (Å²) >= 11 is 3.53. The Hall–Kier alpha value is -1.95. The van der Waals surface area contributed by atoms with Crippen LogP contribution in [0.5, 0.6) is 0 Å². The van der Waals surface area contributed by atoms with Crippen molar-refractivity contribution in [1.29, 1.82) is 0 Å². The number of nitrogens with zero attached hydrogens (tertiary/aromatic N) is 2. The van der Waals surface area contributed by atoms with E-state index in [0.29, 0.717) is 6.04 Å². The molecule has 0 radical (unpaired) electrons. The molecule has 0 amide bonds. The SMILES string of the molecule is C[N+](C)(Cc1ccc(N=C([O-])C2=Cc3cc(Br)ccc3CCC2)cc1)C1CCOCC1. The lowest BCUT2D eigenvalue weighted by atomic mass is 10.0. The molecule has 1 aliphatic carbocycles. The Balaban J connectivity index is 1.47. The van der Waals surface area contributed by atoms with Crippen LogP contribution in [-0.2, 0) is 17.7 Å². The molecule has 0 spiro atoms. The van der Waals surface area contributed by atoms with Gasteiger partial charge in [0.15, 0.2) is 0 Å². The molecule has 0 unspecified atom stereocenters. The van der Waals surface area contributed by atoms with E-state index in [2.05, 4.69) is 65.3 Å². The van der Waals surface area contributed by atoms with Gasteiger partial charge in [-0.25, -0.2) is 0 Å². The van der Waals surface area contributed by atoms with Crippen molar-refractivity contribution >= 4 is 33.6 Å². The summed E-state index contributed by atoms with van der Waals surface area (Å²) in [5.41, 5.74) is 5.20. The standard InChI is InChI=1S/C26H31BrN2O2/c1-29(2,25-12-14-31-15-13-25)18-19-6-10-24(11-7-19)28-26(30)21-5-3-4-20-8-9-23(27)17-22(20)16-21/h6-11,16-17,25H,3-5,12-15,18H2,1-2H3. The van der Waals surface area contributed by atoms with Gasteiger partial charge in [0.05, 0.1) is 39.0 Å². The lowest BCUT2D eigenvalue weighted by molar-refractivity contribution is -0.929. The Morgan fingerprint density at radius 2 is 1.84 bits per heavy atom. The molecule has 0 bridgehead atoms. The van der Waals surface area contributed by atoms with Crippen molar-refractivity contribution in [1.82, 2.24) is 0 Å². The van der Waals surface area contributed by atoms with Gasteiger partial charge in [0.2, 0.25) is 0 Å². The molecule has 0 saturated carbocycles. The number of quaternary nitrogens is 1. The number of fused-ring (bicyclic) bond motifs is 1. The van der Waals surface area contributed by atoms with E-state index in [1.54, 1.807) is 0 Å². The third-order valence-corrected chi connectivity index (χ3v) is 7.03. The topological polar surface area (TPSA) is 44.7 Å². The summed E-state index contributed by atoms with van der Waals surface area (Å²) < 4.78 is 7.51. The first kappa shape index (κ1) is 22.3. The average Bonchev–Trinajstić information content (AvgIpc) is 2.97. The number of rotatable bonds is 5. The van der Waals surface area contributed by atoms with E-state index in [9.17, 15) is 5.11 Å². The maximum atomic E-state index is 12.9. The maximum Gasteiger partial charge on any atom is 0.104 e. The summed E-state index contributed by atoms with van der Waals surface area (Å²) in [5, 5.41) is 12.9. The number of hydrogen-bond donors (Lipinski definition) is 0. The summed E-state index contributed by atoms with van der Waals surface area (Å²) in [5.74, 6) is -0.126. The summed E-state index contributed by atoms with van der Waals surface area (Å²) in [6, 6.07) is 15.1. The molecule has 2 aromatic carbocycles. The molecule has 0 aromatic heterocycles. The monoisotopic (exact) mass is 482 g/mol. The van der Waals surface area contributed by atoms with E-state index in [0.717, 1.165) is 77.6 Å². The van der Waals surface area contributed by atoms with Gasteiger partial charge in [0.25, 0.3) is 0 Å². The van der Waals surface area contributed by atoms with Crippen LogP contribution in [0.25, 0.3) is 6.08 Å². The van der Waals surface area contributed by atoms with E-state index < -0.39 is 0 Å². The molecule has 31 heavy (non-hydrogen) atoms. The van der Waals surface area contributed by atoms with Gasteiger partial charge in [-0.05, 0) is 66.1 Å². The van der Waals surface area contributed by atoms with Crippen LogP contribution in [0.1, 0.15) is 42.4 Å². The van der Waals surface area contributed by atoms with Gasteiger partial charge in [-0.15, -0.1) is 0 Å². The summed E-state index contributed by atoms with van der Waals surface area (Å²) in [4.78, 5) is 4.41. The molecular weight excluding hydrogens is 452 g/mol. The lowest BCUT2D eigenvalue weighted by Gasteiger charge is -2.40. The van der Waals surface area contributed by atoms with Gasteiger partial charge in [-0.3, -0.25) is 4.99 Å². The zero-order valence-corrected chi connectivity index (χ0v) is 20.0. The van der Waals surface area contributed by atoms with E-state index in [-0.39, 0.29) is 5.90 Å². The Bertz CT molecular complexity index is 973. The summed E-state index contributed by atoms with van der Waals surface area (Å²) in [6.45, 7) is 2.70. The van der Waals surface area contributed by atoms with Crippen LogP contribution in [0.4, 0.5) is 5.69 Å². The summed E-state index contributed by atoms with van der Waals surface area (Å²) in [6.07, 6.45) is 6.98. The van der Waals surface area contributed by atoms with Crippen molar-refractivity contribution in [3.05, 3.63) is 69.2 Å². The molecule has 4 rings (SSSR count). The van der Waals surface area contributed by atoms with Crippen LogP contribution in [0, 0.1) is 0 Å². The van der Waals surface area contributed by atoms with Crippen molar-refractivity contribution in [2.24, 2.45) is 4.99 Å². The molecule has 164 valence electrons. The van der Waals surface area contributed by atoms with Gasteiger partial charge in [0.1, 0.15) is 6.54 Å². The Morgan fingerprint density at radius 3 is 2.58 bits per heavy atom. The van der Waals surface area contributed by atoms with Crippen molar-refractivity contribution in [3.63, 3.8) is 0 Å². The molecule has 0 N–H and O–H groups in total. The van der Waals surface area contributed by atoms with Crippen LogP contribution in [0.15, 0.2) is 57.5 Å². The van der Waals surface area contributed by atoms with Crippen LogP contribution in [0.2, 0.25) is 0 Å². The van der Waals surface area contributed by atoms with E-state index in [1.807, 2.05) is 18.2 Å². The number of aryl methyl sites for hydroxylation is 1. The highest BCUT2D eigenvalue weighted by Gasteiger charge is 2.30. The molecule has 1 saturated heterocycles. The van der Waals surface area contributed by atoms with E-state index in [4.69, 9.17) is 4.74 Å². The van der Waals surface area contributed by atoms with Crippen LogP contribution in [0.3, 0.4) is 0 Å². The number of ether oxygens (including phenoxy) is 1. The highest BCUT2D eigenvalue weighted by molar-refractivity contribution is 9.10. The number of aliphatic imine (C=N–C) groups is 1. The van der Waals surface area contributed by atoms with Gasteiger partial charge < -0.3 is 14.3 Å². The normalized spacial score (nSPS) is 18.3. The molecule has 4 nitrogen and oxygen atoms in total. The van der Waals surface area contributed by atoms with Gasteiger partial charge in [0, 0.05) is 22.9 Å². The smallest absolute Gasteiger partial charge is 0.104 e. The lowest BCUT2D eigenvalue weighted by Crippen LogP contribution is -2.50. The predicted octanol–water partition coefficient (Wildman–Crippen LogP) is 5.01. The predicted molar refractivity (Wildman–Crippen MR) is 128 cm³/mol. The molecule has 5 heteroatoms. The van der Waals surface area contributed by atoms with Crippen LogP contribution in [-0.4, -0.2) is 43.7 Å². The van der Waals surface area contributed by atoms with Crippen LogP contribution >= 0.6 is 15.9 Å². The van der Waals surface area contributed by atoms with Gasteiger partial charge >= 0.3 is 0 Å². The highest BCUT2D eigenvalue weighted by atomic mass is 79.9. The fourth-order valence-corrected chi connectivity index (χ4v) is 5.05. The van der Waals surface area contributed by atoms with E-state index >= 15 is 0 Å². The average molecular weight is 483 g/mol. The number of hydrogen-bond acceptors (Lipinski definition) is 3. The van der Waals surface area contributed by atoms with Gasteiger partial charge in [-0.2, -0.15) is 0 Å². The second-order valence-electron chi connectivity index (χ2n) is 9.23. The van der Waals surface area contributed by atoms with Crippen molar-refractivity contribution in [2.45, 2.75) is 44.7 Å². The zero-order chi connectivity index (χ0) is 21.8. The van der Waals surface area contributed by atoms with Crippen molar-refractivity contribution < 1.29 is 14.3 Å².